The maximum atomic E-state index is 15.4. The third-order valence-corrected chi connectivity index (χ3v) is 7.08. The number of nitrogens with one attached hydrogen (secondary N) is 2. The SMILES string of the molecule is CC(C)(CCN=N)C[C@@H]1N[C@@H](C(=O)O)[C@H](c2cccc(Cl)c2F)[C@@]1(C#N)c1ccc(Cl)cc1F. The molecule has 1 aliphatic heterocycles. The second kappa shape index (κ2) is 9.95. The monoisotopic (exact) mass is 508 g/mol. The normalized spacial score (nSPS) is 24.6. The molecule has 4 atom stereocenters. The highest BCUT2D eigenvalue weighted by atomic mass is 35.5. The van der Waals surface area contributed by atoms with E-state index in [-0.39, 0.29) is 34.1 Å². The quantitative estimate of drug-likeness (QED) is 0.375. The molecule has 180 valence electrons. The van der Waals surface area contributed by atoms with Crippen molar-refractivity contribution in [3.05, 3.63) is 69.2 Å². The third-order valence-electron chi connectivity index (χ3n) is 6.56. The van der Waals surface area contributed by atoms with Crippen LogP contribution < -0.4 is 5.32 Å². The van der Waals surface area contributed by atoms with Gasteiger partial charge < -0.3 is 5.11 Å². The van der Waals surface area contributed by atoms with Crippen molar-refractivity contribution in [1.82, 2.24) is 5.32 Å². The smallest absolute Gasteiger partial charge is 0.321 e. The van der Waals surface area contributed by atoms with E-state index in [1.54, 1.807) is 0 Å². The Kier molecular flexibility index (Phi) is 7.61. The minimum atomic E-state index is -1.81. The van der Waals surface area contributed by atoms with E-state index in [0.29, 0.717) is 6.42 Å². The molecule has 0 bridgehead atoms. The lowest BCUT2D eigenvalue weighted by Crippen LogP contribution is -2.45. The van der Waals surface area contributed by atoms with Crippen molar-refractivity contribution >= 4 is 29.2 Å². The van der Waals surface area contributed by atoms with E-state index >= 15 is 8.78 Å². The Labute approximate surface area is 206 Å². The molecule has 0 aromatic heterocycles. The molecule has 0 saturated carbocycles. The first-order valence-electron chi connectivity index (χ1n) is 10.6. The van der Waals surface area contributed by atoms with Crippen LogP contribution >= 0.6 is 23.2 Å². The number of carbonyl (C=O) groups is 1. The molecule has 34 heavy (non-hydrogen) atoms. The van der Waals surface area contributed by atoms with Gasteiger partial charge in [0.15, 0.2) is 0 Å². The third kappa shape index (κ3) is 4.65. The molecule has 3 N–H and O–H groups in total. The standard InChI is InChI=1S/C24H24Cl2F2N4O2/c1-23(2,8-9-31-30)11-18-24(12-29,15-7-6-13(25)10-17(15)27)19(21(32-18)22(33)34)14-4-3-5-16(26)20(14)28/h3-7,10,18-19,21,30,32H,8-9,11H2,1-2H3,(H,33,34)/t18-,19-,21+,24-/m0/s1. The molecule has 1 aliphatic rings. The lowest BCUT2D eigenvalue weighted by molar-refractivity contribution is -0.139. The topological polar surface area (TPSA) is 109 Å². The van der Waals surface area contributed by atoms with Crippen LogP contribution in [0.2, 0.25) is 10.0 Å². The van der Waals surface area contributed by atoms with Gasteiger partial charge in [0.25, 0.3) is 0 Å². The van der Waals surface area contributed by atoms with Gasteiger partial charge in [0.05, 0.1) is 17.6 Å². The van der Waals surface area contributed by atoms with Crippen LogP contribution in [-0.2, 0) is 10.2 Å². The van der Waals surface area contributed by atoms with Crippen LogP contribution in [0.4, 0.5) is 8.78 Å². The van der Waals surface area contributed by atoms with Gasteiger partial charge in [-0.3, -0.25) is 10.1 Å². The van der Waals surface area contributed by atoms with E-state index < -0.39 is 46.4 Å². The zero-order valence-electron chi connectivity index (χ0n) is 18.6. The Balaban J connectivity index is 2.32. The van der Waals surface area contributed by atoms with Crippen molar-refractivity contribution in [2.45, 2.75) is 50.1 Å². The first-order valence-corrected chi connectivity index (χ1v) is 11.4. The summed E-state index contributed by atoms with van der Waals surface area (Å²) in [5, 5.41) is 26.9. The molecule has 3 rings (SSSR count). The van der Waals surface area contributed by atoms with E-state index in [9.17, 15) is 15.2 Å². The fraction of sp³-hybridized carbons (Fsp3) is 0.417. The molecular formula is C24H24Cl2F2N4O2. The number of carboxylic acids is 1. The molecule has 0 aliphatic carbocycles. The fourth-order valence-corrected chi connectivity index (χ4v) is 5.29. The maximum absolute atomic E-state index is 15.4. The highest BCUT2D eigenvalue weighted by Crippen LogP contribution is 2.53. The van der Waals surface area contributed by atoms with Crippen LogP contribution in [0.25, 0.3) is 0 Å². The van der Waals surface area contributed by atoms with Gasteiger partial charge in [-0.15, -0.1) is 0 Å². The van der Waals surface area contributed by atoms with Gasteiger partial charge in [-0.05, 0) is 42.0 Å². The van der Waals surface area contributed by atoms with Crippen LogP contribution in [0.1, 0.15) is 43.7 Å². The molecule has 0 radical (unpaired) electrons. The number of rotatable bonds is 8. The predicted molar refractivity (Wildman–Crippen MR) is 124 cm³/mol. The van der Waals surface area contributed by atoms with Gasteiger partial charge in [-0.1, -0.05) is 55.2 Å². The second-order valence-corrected chi connectivity index (χ2v) is 10.1. The number of aliphatic carboxylic acids is 1. The van der Waals surface area contributed by atoms with E-state index in [0.717, 1.165) is 6.07 Å². The molecule has 1 saturated heterocycles. The summed E-state index contributed by atoms with van der Waals surface area (Å²) in [5.74, 6) is -4.26. The highest BCUT2D eigenvalue weighted by molar-refractivity contribution is 6.31. The van der Waals surface area contributed by atoms with Crippen LogP contribution in [0.15, 0.2) is 41.5 Å². The second-order valence-electron chi connectivity index (χ2n) is 9.26. The molecule has 0 spiro atoms. The van der Waals surface area contributed by atoms with Crippen LogP contribution in [-0.4, -0.2) is 29.7 Å². The summed E-state index contributed by atoms with van der Waals surface area (Å²) in [4.78, 5) is 12.4. The van der Waals surface area contributed by atoms with Gasteiger partial charge in [0.2, 0.25) is 0 Å². The lowest BCUT2D eigenvalue weighted by atomic mass is 9.62. The van der Waals surface area contributed by atoms with Crippen LogP contribution in [0.5, 0.6) is 0 Å². The van der Waals surface area contributed by atoms with Gasteiger partial charge in [-0.2, -0.15) is 10.4 Å². The van der Waals surface area contributed by atoms with E-state index in [1.807, 2.05) is 13.8 Å². The first-order chi connectivity index (χ1) is 16.0. The predicted octanol–water partition coefficient (Wildman–Crippen LogP) is 6.08. The number of hydrogen-bond acceptors (Lipinski definition) is 5. The molecule has 2 aromatic rings. The Morgan fingerprint density at radius 2 is 2.03 bits per heavy atom. The maximum Gasteiger partial charge on any atom is 0.321 e. The molecule has 0 unspecified atom stereocenters. The Morgan fingerprint density at radius 1 is 1.32 bits per heavy atom. The number of hydrogen-bond donors (Lipinski definition) is 3. The van der Waals surface area contributed by atoms with Crippen molar-refractivity contribution in [2.24, 2.45) is 10.5 Å². The summed E-state index contributed by atoms with van der Waals surface area (Å²) in [6.07, 6.45) is 0.716. The van der Waals surface area contributed by atoms with Crippen LogP contribution in [0.3, 0.4) is 0 Å². The van der Waals surface area contributed by atoms with Crippen molar-refractivity contribution < 1.29 is 18.7 Å². The van der Waals surface area contributed by atoms with Gasteiger partial charge >= 0.3 is 5.97 Å². The average molecular weight is 509 g/mol. The largest absolute Gasteiger partial charge is 0.480 e. The molecule has 1 heterocycles. The molecule has 0 amide bonds. The van der Waals surface area contributed by atoms with Crippen molar-refractivity contribution in [1.29, 1.82) is 10.8 Å². The minimum absolute atomic E-state index is 0.0778. The summed E-state index contributed by atoms with van der Waals surface area (Å²) in [6, 6.07) is 7.88. The molecule has 10 heteroatoms. The summed E-state index contributed by atoms with van der Waals surface area (Å²) in [6.45, 7) is 4.02. The summed E-state index contributed by atoms with van der Waals surface area (Å²) in [5.41, 5.74) is 4.62. The minimum Gasteiger partial charge on any atom is -0.480 e. The summed E-state index contributed by atoms with van der Waals surface area (Å²) >= 11 is 12.0. The van der Waals surface area contributed by atoms with Crippen molar-refractivity contribution in [3.8, 4) is 6.07 Å². The molecule has 2 aromatic carbocycles. The Bertz CT molecular complexity index is 1150. The first kappa shape index (κ1) is 26.0. The number of nitriles is 1. The van der Waals surface area contributed by atoms with Crippen LogP contribution in [0, 0.1) is 33.9 Å². The molecule has 1 fully saturated rings. The van der Waals surface area contributed by atoms with Crippen molar-refractivity contribution in [2.75, 3.05) is 6.54 Å². The van der Waals surface area contributed by atoms with E-state index in [2.05, 4.69) is 16.5 Å². The molecule has 6 nitrogen and oxygen atoms in total. The number of nitrogens with zero attached hydrogens (tertiary/aromatic N) is 2. The van der Waals surface area contributed by atoms with Gasteiger partial charge in [-0.25, -0.2) is 14.3 Å². The number of benzene rings is 2. The van der Waals surface area contributed by atoms with E-state index in [4.69, 9.17) is 28.7 Å². The Morgan fingerprint density at radius 3 is 2.62 bits per heavy atom. The van der Waals surface area contributed by atoms with Gasteiger partial charge in [0.1, 0.15) is 23.1 Å². The number of halogens is 4. The number of carboxylic acid groups (broad SMARTS) is 1. The summed E-state index contributed by atoms with van der Waals surface area (Å²) < 4.78 is 30.6. The zero-order chi connectivity index (χ0) is 25.3. The highest BCUT2D eigenvalue weighted by Gasteiger charge is 2.61. The Hall–Kier alpha value is -2.60. The average Bonchev–Trinajstić information content (AvgIpc) is 3.08. The molecular weight excluding hydrogens is 485 g/mol. The zero-order valence-corrected chi connectivity index (χ0v) is 20.1. The fourth-order valence-electron chi connectivity index (χ4n) is 4.94. The summed E-state index contributed by atoms with van der Waals surface area (Å²) in [7, 11) is 0. The van der Waals surface area contributed by atoms with Crippen molar-refractivity contribution in [3.63, 3.8) is 0 Å². The lowest BCUT2D eigenvalue weighted by Gasteiger charge is -2.38. The van der Waals surface area contributed by atoms with Gasteiger partial charge in [0, 0.05) is 22.5 Å². The van der Waals surface area contributed by atoms with E-state index in [1.165, 1.54) is 30.3 Å².